The van der Waals surface area contributed by atoms with Gasteiger partial charge in [0.1, 0.15) is 11.6 Å². The summed E-state index contributed by atoms with van der Waals surface area (Å²) in [5.41, 5.74) is 5.83. The number of nitrogens with two attached hydrogens (primary N) is 1. The van der Waals surface area contributed by atoms with Crippen molar-refractivity contribution >= 4 is 0 Å². The number of rotatable bonds is 6. The van der Waals surface area contributed by atoms with Crippen LogP contribution in [-0.4, -0.2) is 24.9 Å². The lowest BCUT2D eigenvalue weighted by Crippen LogP contribution is -2.17. The third-order valence-corrected chi connectivity index (χ3v) is 2.09. The van der Waals surface area contributed by atoms with Gasteiger partial charge in [0.15, 0.2) is 0 Å². The molecule has 90 valence electrons. The highest BCUT2D eigenvalue weighted by molar-refractivity contribution is 5.20. The van der Waals surface area contributed by atoms with Crippen LogP contribution < -0.4 is 5.73 Å². The molecule has 0 aliphatic rings. The zero-order valence-corrected chi connectivity index (χ0v) is 8.83. The van der Waals surface area contributed by atoms with Gasteiger partial charge in [0.2, 0.25) is 0 Å². The number of aliphatic hydroxyl groups excluding tert-OH is 1. The Morgan fingerprint density at radius 1 is 1.25 bits per heavy atom. The van der Waals surface area contributed by atoms with Crippen molar-refractivity contribution in [1.82, 2.24) is 0 Å². The predicted octanol–water partition coefficient (Wildman–Crippen LogP) is 1.36. The van der Waals surface area contributed by atoms with Gasteiger partial charge < -0.3 is 15.6 Å². The molecule has 1 unspecified atom stereocenters. The molecule has 0 aromatic heterocycles. The molecule has 1 aromatic carbocycles. The van der Waals surface area contributed by atoms with E-state index in [0.717, 1.165) is 6.07 Å². The first-order valence-electron chi connectivity index (χ1n) is 5.06. The summed E-state index contributed by atoms with van der Waals surface area (Å²) in [6.07, 6.45) is -0.0781. The predicted molar refractivity (Wildman–Crippen MR) is 55.8 cm³/mol. The molecule has 1 rings (SSSR count). The molecular weight excluding hydrogens is 216 g/mol. The van der Waals surface area contributed by atoms with E-state index in [0.29, 0.717) is 18.6 Å². The van der Waals surface area contributed by atoms with Crippen LogP contribution in [0.4, 0.5) is 8.78 Å². The van der Waals surface area contributed by atoms with Gasteiger partial charge >= 0.3 is 0 Å². The topological polar surface area (TPSA) is 55.5 Å². The highest BCUT2D eigenvalue weighted by atomic mass is 19.1. The molecule has 5 heteroatoms. The third kappa shape index (κ3) is 3.84. The molecule has 0 saturated carbocycles. The summed E-state index contributed by atoms with van der Waals surface area (Å²) in [7, 11) is 0. The fourth-order valence-corrected chi connectivity index (χ4v) is 1.35. The average molecular weight is 231 g/mol. The number of halogens is 2. The van der Waals surface area contributed by atoms with Gasteiger partial charge in [-0.2, -0.15) is 0 Å². The minimum atomic E-state index is -0.654. The Labute approximate surface area is 92.8 Å². The quantitative estimate of drug-likeness (QED) is 0.727. The van der Waals surface area contributed by atoms with Crippen molar-refractivity contribution in [3.05, 3.63) is 35.4 Å². The fraction of sp³-hybridized carbons (Fsp3) is 0.455. The monoisotopic (exact) mass is 231 g/mol. The lowest BCUT2D eigenvalue weighted by Gasteiger charge is -2.16. The van der Waals surface area contributed by atoms with Crippen LogP contribution in [0.2, 0.25) is 0 Å². The maximum Gasteiger partial charge on any atom is 0.126 e. The summed E-state index contributed by atoms with van der Waals surface area (Å²) in [6, 6.07) is 3.18. The fourth-order valence-electron chi connectivity index (χ4n) is 1.35. The van der Waals surface area contributed by atoms with E-state index in [4.69, 9.17) is 15.6 Å². The molecule has 0 saturated heterocycles. The Morgan fingerprint density at radius 2 is 1.88 bits per heavy atom. The van der Waals surface area contributed by atoms with Crippen LogP contribution >= 0.6 is 0 Å². The molecule has 1 aromatic rings. The molecule has 0 amide bonds. The van der Waals surface area contributed by atoms with Crippen molar-refractivity contribution in [2.45, 2.75) is 12.5 Å². The van der Waals surface area contributed by atoms with E-state index in [-0.39, 0.29) is 13.2 Å². The summed E-state index contributed by atoms with van der Waals surface area (Å²) in [5.74, 6) is -1.31. The van der Waals surface area contributed by atoms with E-state index in [1.54, 1.807) is 0 Å². The Morgan fingerprint density at radius 3 is 2.38 bits per heavy atom. The maximum atomic E-state index is 12.9. The Kier molecular flexibility index (Phi) is 5.31. The van der Waals surface area contributed by atoms with Crippen LogP contribution in [0.3, 0.4) is 0 Å². The molecule has 1 atom stereocenters. The van der Waals surface area contributed by atoms with Crippen molar-refractivity contribution in [3.8, 4) is 0 Å². The van der Waals surface area contributed by atoms with E-state index in [9.17, 15) is 8.78 Å². The van der Waals surface area contributed by atoms with Crippen LogP contribution in [0.1, 0.15) is 18.1 Å². The minimum absolute atomic E-state index is 0.00873. The second-order valence-electron chi connectivity index (χ2n) is 3.38. The third-order valence-electron chi connectivity index (χ3n) is 2.09. The summed E-state index contributed by atoms with van der Waals surface area (Å²) >= 11 is 0. The second kappa shape index (κ2) is 6.52. The van der Waals surface area contributed by atoms with E-state index < -0.39 is 17.7 Å². The Balaban J connectivity index is 2.70. The molecule has 0 fully saturated rings. The van der Waals surface area contributed by atoms with E-state index in [1.165, 1.54) is 12.1 Å². The van der Waals surface area contributed by atoms with E-state index in [2.05, 4.69) is 0 Å². The van der Waals surface area contributed by atoms with Gasteiger partial charge in [0, 0.05) is 25.8 Å². The van der Waals surface area contributed by atoms with Gasteiger partial charge in [-0.15, -0.1) is 0 Å². The summed E-state index contributed by atoms with van der Waals surface area (Å²) in [4.78, 5) is 0. The largest absolute Gasteiger partial charge is 0.396 e. The SMILES string of the molecule is NCC(OCCCO)c1cc(F)cc(F)c1. The zero-order valence-electron chi connectivity index (χ0n) is 8.83. The number of hydrogen-bond donors (Lipinski definition) is 2. The Hall–Kier alpha value is -1.04. The molecule has 3 nitrogen and oxygen atoms in total. The first kappa shape index (κ1) is 13.0. The van der Waals surface area contributed by atoms with Crippen LogP contribution in [0.25, 0.3) is 0 Å². The number of aliphatic hydroxyl groups is 1. The van der Waals surface area contributed by atoms with Gasteiger partial charge in [0.05, 0.1) is 6.10 Å². The van der Waals surface area contributed by atoms with Gasteiger partial charge in [-0.1, -0.05) is 0 Å². The molecule has 16 heavy (non-hydrogen) atoms. The highest BCUT2D eigenvalue weighted by Crippen LogP contribution is 2.19. The van der Waals surface area contributed by atoms with Crippen LogP contribution in [-0.2, 0) is 4.74 Å². The molecule has 0 spiro atoms. The van der Waals surface area contributed by atoms with E-state index in [1.807, 2.05) is 0 Å². The van der Waals surface area contributed by atoms with Crippen molar-refractivity contribution < 1.29 is 18.6 Å². The average Bonchev–Trinajstić information content (AvgIpc) is 2.23. The Bertz CT molecular complexity index is 314. The van der Waals surface area contributed by atoms with Gasteiger partial charge in [-0.25, -0.2) is 8.78 Å². The van der Waals surface area contributed by atoms with Gasteiger partial charge in [-0.05, 0) is 24.1 Å². The highest BCUT2D eigenvalue weighted by Gasteiger charge is 2.12. The first-order chi connectivity index (χ1) is 7.67. The molecule has 0 aliphatic carbocycles. The van der Waals surface area contributed by atoms with Crippen LogP contribution in [0, 0.1) is 11.6 Å². The van der Waals surface area contributed by atoms with Crippen molar-refractivity contribution in [2.24, 2.45) is 5.73 Å². The van der Waals surface area contributed by atoms with Crippen molar-refractivity contribution in [3.63, 3.8) is 0 Å². The molecule has 0 aliphatic heterocycles. The van der Waals surface area contributed by atoms with Crippen LogP contribution in [0.15, 0.2) is 18.2 Å². The summed E-state index contributed by atoms with van der Waals surface area (Å²) < 4.78 is 31.2. The van der Waals surface area contributed by atoms with Crippen molar-refractivity contribution in [1.29, 1.82) is 0 Å². The lowest BCUT2D eigenvalue weighted by atomic mass is 10.1. The molecular formula is C11H15F2NO2. The summed E-state index contributed by atoms with van der Waals surface area (Å²) in [6.45, 7) is 0.444. The van der Waals surface area contributed by atoms with Gasteiger partial charge in [0.25, 0.3) is 0 Å². The maximum absolute atomic E-state index is 12.9. The minimum Gasteiger partial charge on any atom is -0.396 e. The second-order valence-corrected chi connectivity index (χ2v) is 3.38. The van der Waals surface area contributed by atoms with E-state index >= 15 is 0 Å². The van der Waals surface area contributed by atoms with Crippen LogP contribution in [0.5, 0.6) is 0 Å². The molecule has 3 N–H and O–H groups in total. The number of hydrogen-bond acceptors (Lipinski definition) is 3. The number of benzene rings is 1. The van der Waals surface area contributed by atoms with Gasteiger partial charge in [-0.3, -0.25) is 0 Å². The van der Waals surface area contributed by atoms with Crippen molar-refractivity contribution in [2.75, 3.05) is 19.8 Å². The lowest BCUT2D eigenvalue weighted by molar-refractivity contribution is 0.0485. The smallest absolute Gasteiger partial charge is 0.126 e. The summed E-state index contributed by atoms with van der Waals surface area (Å²) in [5, 5.41) is 8.58. The standard InChI is InChI=1S/C11H15F2NO2/c12-9-4-8(5-10(13)6-9)11(7-14)16-3-1-2-15/h4-6,11,15H,1-3,7,14H2. The first-order valence-corrected chi connectivity index (χ1v) is 5.06. The number of ether oxygens (including phenoxy) is 1. The zero-order chi connectivity index (χ0) is 12.0. The molecule has 0 radical (unpaired) electrons. The normalized spacial score (nSPS) is 12.8. The molecule has 0 heterocycles. The molecule has 0 bridgehead atoms.